The molecule has 2 aromatic rings. The molecule has 2 fully saturated rings. The number of aliphatic hydroxyl groups is 1. The number of carbonyl (C=O) groups is 2. The van der Waals surface area contributed by atoms with Gasteiger partial charge in [-0.05, 0) is 111 Å². The smallest absolute Gasteiger partial charge is 0.258 e. The van der Waals surface area contributed by atoms with Gasteiger partial charge in [-0.25, -0.2) is 0 Å². The van der Waals surface area contributed by atoms with Crippen molar-refractivity contribution in [1.29, 1.82) is 0 Å². The summed E-state index contributed by atoms with van der Waals surface area (Å²) in [6.07, 6.45) is 7.80. The largest absolute Gasteiger partial charge is 0.377 e. The number of aryl methyl sites for hydroxylation is 1. The Labute approximate surface area is 238 Å². The number of ketones is 1. The number of fused-ring (bicyclic) bond motifs is 4. The van der Waals surface area contributed by atoms with Crippen molar-refractivity contribution in [2.24, 2.45) is 17.3 Å². The quantitative estimate of drug-likeness (QED) is 0.436. The fourth-order valence-corrected chi connectivity index (χ4v) is 8.31. The lowest BCUT2D eigenvalue weighted by atomic mass is 9.51. The maximum atomic E-state index is 13.2. The third kappa shape index (κ3) is 4.18. The van der Waals surface area contributed by atoms with Gasteiger partial charge in [-0.1, -0.05) is 48.2 Å². The van der Waals surface area contributed by atoms with Crippen LogP contribution in [0.1, 0.15) is 86.2 Å². The van der Waals surface area contributed by atoms with Crippen LogP contribution in [0.2, 0.25) is 0 Å². The molecule has 0 heterocycles. The first-order chi connectivity index (χ1) is 19.1. The molecule has 0 bridgehead atoms. The highest BCUT2D eigenvalue weighted by molar-refractivity contribution is 6.05. The van der Waals surface area contributed by atoms with Crippen LogP contribution in [0.5, 0.6) is 0 Å². The zero-order chi connectivity index (χ0) is 28.2. The Morgan fingerprint density at radius 2 is 1.75 bits per heavy atom. The summed E-state index contributed by atoms with van der Waals surface area (Å²) in [7, 11) is 1.82. The topological polar surface area (TPSA) is 57.6 Å². The number of nitrogens with zero attached hydrogens (tertiary/aromatic N) is 1. The Kier molecular flexibility index (Phi) is 6.62. The highest BCUT2D eigenvalue weighted by Crippen LogP contribution is 2.66. The third-order valence-electron chi connectivity index (χ3n) is 10.5. The zero-order valence-corrected chi connectivity index (χ0v) is 24.1. The van der Waals surface area contributed by atoms with Crippen molar-refractivity contribution in [3.05, 3.63) is 88.0 Å². The van der Waals surface area contributed by atoms with Crippen molar-refractivity contribution < 1.29 is 14.7 Å². The summed E-state index contributed by atoms with van der Waals surface area (Å²) in [5.74, 6) is 7.40. The van der Waals surface area contributed by atoms with Gasteiger partial charge in [-0.15, -0.1) is 5.92 Å². The number of rotatable bonds is 3. The minimum atomic E-state index is -0.986. The number of hydrogen-bond donors (Lipinski definition) is 1. The molecule has 0 radical (unpaired) electrons. The van der Waals surface area contributed by atoms with Gasteiger partial charge in [0.25, 0.3) is 5.91 Å². The Bertz CT molecular complexity index is 1490. The Morgan fingerprint density at radius 3 is 2.45 bits per heavy atom. The van der Waals surface area contributed by atoms with Crippen LogP contribution in [0.3, 0.4) is 0 Å². The van der Waals surface area contributed by atoms with Crippen LogP contribution in [-0.4, -0.2) is 29.4 Å². The zero-order valence-electron chi connectivity index (χ0n) is 24.1. The SMILES string of the molecule is CC#C[C@]1(O)CC[C@H]2[C@@H]3CCC4=CC(=O)CCC4=C3[C@@H](c3ccc(N(C)C(=O)c4ccc(C)cc4)cc3)C[C@@]21C. The Hall–Kier alpha value is -3.42. The van der Waals surface area contributed by atoms with E-state index in [9.17, 15) is 14.7 Å². The molecular formula is C36H39NO3. The lowest BCUT2D eigenvalue weighted by Gasteiger charge is -2.53. The van der Waals surface area contributed by atoms with E-state index in [1.54, 1.807) is 4.90 Å². The Balaban J connectivity index is 1.39. The van der Waals surface area contributed by atoms with Crippen molar-refractivity contribution in [2.45, 2.75) is 77.2 Å². The molecule has 0 spiro atoms. The number of carbonyl (C=O) groups excluding carboxylic acids is 2. The fraction of sp³-hybridized carbons (Fsp3) is 0.444. The van der Waals surface area contributed by atoms with E-state index in [0.29, 0.717) is 30.2 Å². The molecule has 5 atom stereocenters. The highest BCUT2D eigenvalue weighted by Gasteiger charge is 2.62. The predicted octanol–water partition coefficient (Wildman–Crippen LogP) is 6.93. The van der Waals surface area contributed by atoms with E-state index in [-0.39, 0.29) is 23.0 Å². The number of anilines is 1. The third-order valence-corrected chi connectivity index (χ3v) is 10.5. The number of hydrogen-bond acceptors (Lipinski definition) is 3. The van der Waals surface area contributed by atoms with Gasteiger partial charge in [0.1, 0.15) is 5.60 Å². The van der Waals surface area contributed by atoms with Crippen molar-refractivity contribution >= 4 is 17.4 Å². The van der Waals surface area contributed by atoms with Gasteiger partial charge in [0, 0.05) is 36.1 Å². The van der Waals surface area contributed by atoms with Crippen LogP contribution >= 0.6 is 0 Å². The molecule has 2 saturated carbocycles. The van der Waals surface area contributed by atoms with Gasteiger partial charge in [0.05, 0.1) is 0 Å². The van der Waals surface area contributed by atoms with E-state index in [2.05, 4.69) is 30.9 Å². The van der Waals surface area contributed by atoms with Crippen LogP contribution in [0.15, 0.2) is 71.3 Å². The van der Waals surface area contributed by atoms with Gasteiger partial charge < -0.3 is 10.0 Å². The summed E-state index contributed by atoms with van der Waals surface area (Å²) >= 11 is 0. The lowest BCUT2D eigenvalue weighted by Crippen LogP contribution is -2.51. The lowest BCUT2D eigenvalue weighted by molar-refractivity contribution is -0.114. The van der Waals surface area contributed by atoms with Crippen LogP contribution in [0.25, 0.3) is 0 Å². The minimum absolute atomic E-state index is 0.0335. The molecule has 4 heteroatoms. The van der Waals surface area contributed by atoms with Gasteiger partial charge in [-0.3, -0.25) is 9.59 Å². The van der Waals surface area contributed by atoms with E-state index in [0.717, 1.165) is 43.4 Å². The first-order valence-electron chi connectivity index (χ1n) is 14.7. The van der Waals surface area contributed by atoms with Gasteiger partial charge in [-0.2, -0.15) is 0 Å². The summed E-state index contributed by atoms with van der Waals surface area (Å²) in [6, 6.07) is 16.1. The molecule has 1 amide bonds. The van der Waals surface area contributed by atoms with Gasteiger partial charge in [0.2, 0.25) is 0 Å². The average molecular weight is 534 g/mol. The van der Waals surface area contributed by atoms with E-state index in [1.165, 1.54) is 22.3 Å². The molecule has 0 aliphatic heterocycles. The second-order valence-electron chi connectivity index (χ2n) is 12.6. The van der Waals surface area contributed by atoms with Crippen molar-refractivity contribution in [1.82, 2.24) is 0 Å². The molecule has 4 nitrogen and oxygen atoms in total. The van der Waals surface area contributed by atoms with Crippen LogP contribution in [0, 0.1) is 36.0 Å². The van der Waals surface area contributed by atoms with Crippen LogP contribution < -0.4 is 4.90 Å². The normalized spacial score (nSPS) is 30.9. The summed E-state index contributed by atoms with van der Waals surface area (Å²) in [4.78, 5) is 27.2. The predicted molar refractivity (Wildman–Crippen MR) is 159 cm³/mol. The maximum absolute atomic E-state index is 13.2. The molecule has 4 aliphatic carbocycles. The molecule has 4 aliphatic rings. The summed E-state index contributed by atoms with van der Waals surface area (Å²) in [6.45, 7) is 6.11. The second-order valence-corrected chi connectivity index (χ2v) is 12.6. The molecule has 2 aromatic carbocycles. The van der Waals surface area contributed by atoms with Crippen molar-refractivity contribution in [3.8, 4) is 11.8 Å². The summed E-state index contributed by atoms with van der Waals surface area (Å²) in [5.41, 5.74) is 6.70. The van der Waals surface area contributed by atoms with E-state index in [4.69, 9.17) is 0 Å². The summed E-state index contributed by atoms with van der Waals surface area (Å²) < 4.78 is 0. The van der Waals surface area contributed by atoms with E-state index >= 15 is 0 Å². The fourth-order valence-electron chi connectivity index (χ4n) is 8.31. The molecule has 0 saturated heterocycles. The van der Waals surface area contributed by atoms with Gasteiger partial charge in [0.15, 0.2) is 5.78 Å². The standard InChI is InChI=1S/C36H39NO3/c1-5-19-36(40)20-18-32-30-16-12-26-21-28(38)15-17-29(26)33(30)31(22-35(32,36)3)24-10-13-27(14-11-24)37(4)34(39)25-8-6-23(2)7-9-25/h6-11,13-14,21,30-32,40H,12,15-18,20,22H2,1-4H3/t30-,31+,32-,35-,36-/m0/s1. The average Bonchev–Trinajstić information content (AvgIpc) is 3.22. The first kappa shape index (κ1) is 26.8. The number of benzene rings is 2. The first-order valence-corrected chi connectivity index (χ1v) is 14.7. The van der Waals surface area contributed by atoms with E-state index in [1.807, 2.05) is 63.4 Å². The highest BCUT2D eigenvalue weighted by atomic mass is 16.3. The second kappa shape index (κ2) is 9.89. The maximum Gasteiger partial charge on any atom is 0.258 e. The van der Waals surface area contributed by atoms with Crippen molar-refractivity contribution in [3.63, 3.8) is 0 Å². The molecule has 0 aromatic heterocycles. The summed E-state index contributed by atoms with van der Waals surface area (Å²) in [5, 5.41) is 11.9. The van der Waals surface area contributed by atoms with Crippen LogP contribution in [0.4, 0.5) is 5.69 Å². The van der Waals surface area contributed by atoms with Crippen molar-refractivity contribution in [2.75, 3.05) is 11.9 Å². The van der Waals surface area contributed by atoms with Gasteiger partial charge >= 0.3 is 0 Å². The molecule has 6 rings (SSSR count). The molecule has 1 N–H and O–H groups in total. The van der Waals surface area contributed by atoms with E-state index < -0.39 is 5.60 Å². The molecular weight excluding hydrogens is 494 g/mol. The minimum Gasteiger partial charge on any atom is -0.377 e. The number of allylic oxidation sites excluding steroid dienone is 4. The number of amides is 1. The molecule has 206 valence electrons. The molecule has 40 heavy (non-hydrogen) atoms. The molecule has 0 unspecified atom stereocenters. The Morgan fingerprint density at radius 1 is 1.02 bits per heavy atom. The monoisotopic (exact) mass is 533 g/mol. The van der Waals surface area contributed by atoms with Crippen LogP contribution in [-0.2, 0) is 4.79 Å².